The molecule has 0 aliphatic heterocycles. The van der Waals surface area contributed by atoms with Gasteiger partial charge in [0.1, 0.15) is 5.82 Å². The van der Waals surface area contributed by atoms with Gasteiger partial charge in [0, 0.05) is 6.54 Å². The molecule has 18 heavy (non-hydrogen) atoms. The molecule has 0 heterocycles. The third-order valence-corrected chi connectivity index (χ3v) is 2.27. The highest BCUT2D eigenvalue weighted by Gasteiger charge is 2.11. The van der Waals surface area contributed by atoms with Crippen molar-refractivity contribution in [2.24, 2.45) is 5.73 Å². The first kappa shape index (κ1) is 14.0. The molecule has 1 aromatic rings. The molecule has 0 fully saturated rings. The highest BCUT2D eigenvalue weighted by Crippen LogP contribution is 2.11. The molecule has 5 nitrogen and oxygen atoms in total. The van der Waals surface area contributed by atoms with Gasteiger partial charge >= 0.3 is 12.0 Å². The van der Waals surface area contributed by atoms with Crippen molar-refractivity contribution in [2.45, 2.75) is 13.3 Å². The number of nitrogens with two attached hydrogens (primary N) is 1. The number of carbonyl (C=O) groups excluding carboxylic acids is 2. The zero-order chi connectivity index (χ0) is 13.5. The Bertz CT molecular complexity index is 449. The molecule has 3 N–H and O–H groups in total. The fourth-order valence-electron chi connectivity index (χ4n) is 1.34. The number of ether oxygens (including phenoxy) is 1. The molecule has 0 atom stereocenters. The van der Waals surface area contributed by atoms with Crippen LogP contribution in [0.4, 0.5) is 9.18 Å². The molecule has 0 aliphatic rings. The van der Waals surface area contributed by atoms with E-state index in [1.165, 1.54) is 12.1 Å². The Morgan fingerprint density at radius 1 is 1.44 bits per heavy atom. The molecule has 0 aromatic heterocycles. The van der Waals surface area contributed by atoms with Crippen LogP contribution in [0.15, 0.2) is 18.2 Å². The SMILES string of the molecule is Cc1ccc(F)cc1C(=O)OCCCNC(N)=O. The predicted molar refractivity (Wildman–Crippen MR) is 63.6 cm³/mol. The number of hydrogen-bond acceptors (Lipinski definition) is 3. The lowest BCUT2D eigenvalue weighted by atomic mass is 10.1. The molecule has 0 spiro atoms. The molecule has 2 amide bonds. The standard InChI is InChI=1S/C12H15FN2O3/c1-8-3-4-9(13)7-10(8)11(16)18-6-2-5-15-12(14)17/h3-4,7H,2,5-6H2,1H3,(H3,14,15,17). The van der Waals surface area contributed by atoms with Gasteiger partial charge in [0.2, 0.25) is 0 Å². The first-order valence-electron chi connectivity index (χ1n) is 5.47. The number of hydrogen-bond donors (Lipinski definition) is 2. The van der Waals surface area contributed by atoms with E-state index in [2.05, 4.69) is 5.32 Å². The van der Waals surface area contributed by atoms with Gasteiger partial charge in [-0.2, -0.15) is 0 Å². The van der Waals surface area contributed by atoms with Gasteiger partial charge in [0.25, 0.3) is 0 Å². The topological polar surface area (TPSA) is 81.4 Å². The van der Waals surface area contributed by atoms with Crippen LogP contribution in [0.1, 0.15) is 22.3 Å². The molecule has 0 bridgehead atoms. The number of nitrogens with one attached hydrogen (secondary N) is 1. The van der Waals surface area contributed by atoms with Crippen molar-refractivity contribution in [1.82, 2.24) is 5.32 Å². The second-order valence-corrected chi connectivity index (χ2v) is 3.74. The van der Waals surface area contributed by atoms with E-state index in [1.54, 1.807) is 6.92 Å². The number of urea groups is 1. The molecule has 0 unspecified atom stereocenters. The summed E-state index contributed by atoms with van der Waals surface area (Å²) in [7, 11) is 0. The minimum Gasteiger partial charge on any atom is -0.462 e. The van der Waals surface area contributed by atoms with Gasteiger partial charge in [-0.1, -0.05) is 6.07 Å². The monoisotopic (exact) mass is 254 g/mol. The second kappa shape index (κ2) is 6.58. The number of primary amides is 1. The maximum absolute atomic E-state index is 13.0. The van der Waals surface area contributed by atoms with Crippen molar-refractivity contribution in [3.8, 4) is 0 Å². The molecular weight excluding hydrogens is 239 g/mol. The number of carbonyl (C=O) groups is 2. The molecule has 1 rings (SSSR count). The van der Waals surface area contributed by atoms with Crippen LogP contribution in [-0.4, -0.2) is 25.2 Å². The Hall–Kier alpha value is -2.11. The van der Waals surface area contributed by atoms with Crippen molar-refractivity contribution in [2.75, 3.05) is 13.2 Å². The number of halogens is 1. The highest BCUT2D eigenvalue weighted by atomic mass is 19.1. The van der Waals surface area contributed by atoms with Crippen LogP contribution in [0.2, 0.25) is 0 Å². The summed E-state index contributed by atoms with van der Waals surface area (Å²) in [6, 6.07) is 3.31. The first-order chi connectivity index (χ1) is 8.50. The van der Waals surface area contributed by atoms with E-state index in [0.717, 1.165) is 6.07 Å². The molecule has 0 saturated carbocycles. The maximum atomic E-state index is 13.0. The quantitative estimate of drug-likeness (QED) is 0.614. The Kier molecular flexibility index (Phi) is 5.10. The van der Waals surface area contributed by atoms with Gasteiger partial charge in [-0.3, -0.25) is 0 Å². The fourth-order valence-corrected chi connectivity index (χ4v) is 1.34. The van der Waals surface area contributed by atoms with Gasteiger partial charge in [-0.05, 0) is 31.0 Å². The zero-order valence-electron chi connectivity index (χ0n) is 10.0. The van der Waals surface area contributed by atoms with E-state index in [-0.39, 0.29) is 12.2 Å². The van der Waals surface area contributed by atoms with E-state index in [4.69, 9.17) is 10.5 Å². The Morgan fingerprint density at radius 3 is 2.83 bits per heavy atom. The molecule has 98 valence electrons. The molecule has 0 aliphatic carbocycles. The summed E-state index contributed by atoms with van der Waals surface area (Å²) in [4.78, 5) is 22.0. The summed E-state index contributed by atoms with van der Waals surface area (Å²) >= 11 is 0. The number of rotatable bonds is 5. The van der Waals surface area contributed by atoms with Crippen molar-refractivity contribution in [3.05, 3.63) is 35.1 Å². The summed E-state index contributed by atoms with van der Waals surface area (Å²) in [6.07, 6.45) is 0.447. The van der Waals surface area contributed by atoms with Gasteiger partial charge < -0.3 is 15.8 Å². The lowest BCUT2D eigenvalue weighted by Gasteiger charge is -2.07. The number of benzene rings is 1. The van der Waals surface area contributed by atoms with Gasteiger partial charge in [0.15, 0.2) is 0 Å². The third-order valence-electron chi connectivity index (χ3n) is 2.27. The van der Waals surface area contributed by atoms with Gasteiger partial charge in [0.05, 0.1) is 12.2 Å². The second-order valence-electron chi connectivity index (χ2n) is 3.74. The fraction of sp³-hybridized carbons (Fsp3) is 0.333. The molecule has 0 saturated heterocycles. The smallest absolute Gasteiger partial charge is 0.338 e. The molecule has 0 radical (unpaired) electrons. The largest absolute Gasteiger partial charge is 0.462 e. The summed E-state index contributed by atoms with van der Waals surface area (Å²) in [5, 5.41) is 2.37. The van der Waals surface area contributed by atoms with Crippen LogP contribution >= 0.6 is 0 Å². The van der Waals surface area contributed by atoms with Gasteiger partial charge in [-0.15, -0.1) is 0 Å². The Morgan fingerprint density at radius 2 is 2.17 bits per heavy atom. The zero-order valence-corrected chi connectivity index (χ0v) is 10.0. The van der Waals surface area contributed by atoms with Gasteiger partial charge in [-0.25, -0.2) is 14.0 Å². The number of esters is 1. The highest BCUT2D eigenvalue weighted by molar-refractivity contribution is 5.91. The lowest BCUT2D eigenvalue weighted by molar-refractivity contribution is 0.0500. The normalized spacial score (nSPS) is 9.89. The Balaban J connectivity index is 2.41. The third kappa shape index (κ3) is 4.40. The predicted octanol–water partition coefficient (Wildman–Crippen LogP) is 1.35. The summed E-state index contributed by atoms with van der Waals surface area (Å²) in [5.41, 5.74) is 5.72. The van der Waals surface area contributed by atoms with Crippen LogP contribution in [0, 0.1) is 12.7 Å². The maximum Gasteiger partial charge on any atom is 0.338 e. The first-order valence-corrected chi connectivity index (χ1v) is 5.47. The average Bonchev–Trinajstić information content (AvgIpc) is 2.31. The molecule has 6 heteroatoms. The van der Waals surface area contributed by atoms with Crippen LogP contribution in [-0.2, 0) is 4.74 Å². The van der Waals surface area contributed by atoms with Crippen LogP contribution in [0.5, 0.6) is 0 Å². The van der Waals surface area contributed by atoms with Crippen LogP contribution < -0.4 is 11.1 Å². The summed E-state index contributed by atoms with van der Waals surface area (Å²) in [6.45, 7) is 2.16. The van der Waals surface area contributed by atoms with E-state index >= 15 is 0 Å². The minimum atomic E-state index is -0.623. The van der Waals surface area contributed by atoms with E-state index < -0.39 is 17.8 Å². The Labute approximate surface area is 104 Å². The lowest BCUT2D eigenvalue weighted by Crippen LogP contribution is -2.30. The van der Waals surface area contributed by atoms with E-state index in [1.807, 2.05) is 0 Å². The molecular formula is C12H15FN2O3. The summed E-state index contributed by atoms with van der Waals surface area (Å²) in [5.74, 6) is -1.06. The average molecular weight is 254 g/mol. The van der Waals surface area contributed by atoms with Crippen LogP contribution in [0.3, 0.4) is 0 Å². The summed E-state index contributed by atoms with van der Waals surface area (Å²) < 4.78 is 17.9. The van der Waals surface area contributed by atoms with Crippen molar-refractivity contribution < 1.29 is 18.7 Å². The minimum absolute atomic E-state index is 0.134. The van der Waals surface area contributed by atoms with Crippen molar-refractivity contribution in [3.63, 3.8) is 0 Å². The number of aryl methyl sites for hydroxylation is 1. The van der Waals surface area contributed by atoms with Crippen LogP contribution in [0.25, 0.3) is 0 Å². The van der Waals surface area contributed by atoms with E-state index in [0.29, 0.717) is 18.5 Å². The molecule has 1 aromatic carbocycles. The van der Waals surface area contributed by atoms with Crippen molar-refractivity contribution in [1.29, 1.82) is 0 Å². The van der Waals surface area contributed by atoms with Crippen molar-refractivity contribution >= 4 is 12.0 Å². The number of amides is 2. The van der Waals surface area contributed by atoms with E-state index in [9.17, 15) is 14.0 Å².